The molecule has 1 aromatic heterocycles. The van der Waals surface area contributed by atoms with Gasteiger partial charge in [0.15, 0.2) is 5.43 Å². The van der Waals surface area contributed by atoms with Gasteiger partial charge in [-0.25, -0.2) is 0 Å². The summed E-state index contributed by atoms with van der Waals surface area (Å²) in [6.07, 6.45) is 3.56. The third-order valence-electron chi connectivity index (χ3n) is 7.08. The number of nitrogens with zero attached hydrogens (tertiary/aromatic N) is 3. The number of hydrogen-bond donors (Lipinski definition) is 0. The average Bonchev–Trinajstić information content (AvgIpc) is 3.02. The number of rotatable bonds is 4. The van der Waals surface area contributed by atoms with Crippen molar-refractivity contribution in [3.63, 3.8) is 0 Å². The molecule has 0 saturated heterocycles. The van der Waals surface area contributed by atoms with Crippen LogP contribution in [0.1, 0.15) is 58.2 Å². The predicted molar refractivity (Wildman–Crippen MR) is 133 cm³/mol. The van der Waals surface area contributed by atoms with Crippen molar-refractivity contribution in [2.24, 2.45) is 0 Å². The topological polar surface area (TPSA) is 71.8 Å². The molecule has 0 N–H and O–H groups in total. The standard InChI is InChI=1S/C28H29N3O4/c1-18(16-35-20(3)32)29-17-31(30-15-14-25(33)19(2)26(30)28(29)34)27-23-10-6-4-8-21(23)12-13-22-9-5-7-11-24(22)27/h4-11,14-15,18,27H,12-13,16-17H2,1-3H3. The zero-order chi connectivity index (χ0) is 24.7. The summed E-state index contributed by atoms with van der Waals surface area (Å²) >= 11 is 0. The lowest BCUT2D eigenvalue weighted by molar-refractivity contribution is -0.142. The number of carbonyl (C=O) groups excluding carboxylic acids is 2. The number of ether oxygens (including phenoxy) is 1. The smallest absolute Gasteiger partial charge is 0.302 e. The Hall–Kier alpha value is -3.87. The van der Waals surface area contributed by atoms with E-state index in [1.807, 2.05) is 23.7 Å². The molecule has 0 fully saturated rings. The van der Waals surface area contributed by atoms with Gasteiger partial charge >= 0.3 is 5.97 Å². The Bertz CT molecular complexity index is 1310. The first-order valence-electron chi connectivity index (χ1n) is 12.0. The van der Waals surface area contributed by atoms with Gasteiger partial charge in [-0.05, 0) is 48.9 Å². The Morgan fingerprint density at radius 2 is 1.60 bits per heavy atom. The molecule has 3 aromatic rings. The van der Waals surface area contributed by atoms with Crippen molar-refractivity contribution >= 4 is 11.9 Å². The fourth-order valence-electron chi connectivity index (χ4n) is 5.21. The van der Waals surface area contributed by atoms with Crippen molar-refractivity contribution in [3.8, 4) is 0 Å². The van der Waals surface area contributed by atoms with Crippen LogP contribution < -0.4 is 10.4 Å². The molecule has 7 heteroatoms. The third-order valence-corrected chi connectivity index (χ3v) is 7.08. The minimum atomic E-state index is -0.391. The van der Waals surface area contributed by atoms with Crippen LogP contribution >= 0.6 is 0 Å². The number of carbonyl (C=O) groups is 2. The second kappa shape index (κ2) is 9.06. The van der Waals surface area contributed by atoms with Gasteiger partial charge in [0, 0.05) is 24.8 Å². The van der Waals surface area contributed by atoms with E-state index in [1.165, 1.54) is 35.2 Å². The SMILES string of the molecule is CC(=O)OCC(C)N1CN(C2c3ccccc3CCc3ccccc32)n2ccc(=O)c(C)c2C1=O. The van der Waals surface area contributed by atoms with Gasteiger partial charge in [0.1, 0.15) is 19.0 Å². The van der Waals surface area contributed by atoms with E-state index >= 15 is 0 Å². The molecule has 180 valence electrons. The van der Waals surface area contributed by atoms with Gasteiger partial charge in [-0.1, -0.05) is 48.5 Å². The Labute approximate surface area is 204 Å². The molecule has 7 nitrogen and oxygen atoms in total. The summed E-state index contributed by atoms with van der Waals surface area (Å²) in [7, 11) is 0. The lowest BCUT2D eigenvalue weighted by Gasteiger charge is -2.46. The minimum Gasteiger partial charge on any atom is -0.464 e. The lowest BCUT2D eigenvalue weighted by atomic mass is 9.94. The van der Waals surface area contributed by atoms with E-state index in [-0.39, 0.29) is 36.7 Å². The monoisotopic (exact) mass is 471 g/mol. The maximum absolute atomic E-state index is 13.7. The molecule has 2 aromatic carbocycles. The molecule has 1 amide bonds. The summed E-state index contributed by atoms with van der Waals surface area (Å²) < 4.78 is 7.09. The maximum atomic E-state index is 13.7. The van der Waals surface area contributed by atoms with E-state index in [4.69, 9.17) is 4.74 Å². The van der Waals surface area contributed by atoms with Crippen molar-refractivity contribution < 1.29 is 14.3 Å². The molecular weight excluding hydrogens is 442 g/mol. The van der Waals surface area contributed by atoms with Gasteiger partial charge in [-0.2, -0.15) is 0 Å². The number of fused-ring (bicyclic) bond motifs is 3. The number of benzene rings is 2. The number of amides is 1. The molecule has 0 radical (unpaired) electrons. The third kappa shape index (κ3) is 4.01. The molecule has 1 unspecified atom stereocenters. The molecular formula is C28H29N3O4. The quantitative estimate of drug-likeness (QED) is 0.546. The summed E-state index contributed by atoms with van der Waals surface area (Å²) in [5.74, 6) is -0.635. The van der Waals surface area contributed by atoms with Crippen LogP contribution in [0.2, 0.25) is 0 Å². The highest BCUT2D eigenvalue weighted by atomic mass is 16.5. The second-order valence-electron chi connectivity index (χ2n) is 9.31. The van der Waals surface area contributed by atoms with Crippen LogP contribution in [0, 0.1) is 6.92 Å². The van der Waals surface area contributed by atoms with E-state index in [0.29, 0.717) is 11.3 Å². The van der Waals surface area contributed by atoms with Crippen LogP contribution in [-0.4, -0.2) is 40.8 Å². The number of pyridine rings is 1. The molecule has 1 aliphatic heterocycles. The average molecular weight is 472 g/mol. The number of aryl methyl sites for hydroxylation is 2. The van der Waals surface area contributed by atoms with Gasteiger partial charge in [0.25, 0.3) is 5.91 Å². The summed E-state index contributed by atoms with van der Waals surface area (Å²) in [5.41, 5.74) is 5.47. The van der Waals surface area contributed by atoms with Crippen LogP contribution in [0.15, 0.2) is 65.6 Å². The van der Waals surface area contributed by atoms with Gasteiger partial charge in [-0.15, -0.1) is 0 Å². The van der Waals surface area contributed by atoms with E-state index < -0.39 is 5.97 Å². The van der Waals surface area contributed by atoms with Gasteiger partial charge in [-0.3, -0.25) is 24.1 Å². The summed E-state index contributed by atoms with van der Waals surface area (Å²) in [4.78, 5) is 39.4. The Balaban J connectivity index is 1.70. The van der Waals surface area contributed by atoms with Crippen molar-refractivity contribution in [1.29, 1.82) is 0 Å². The van der Waals surface area contributed by atoms with Gasteiger partial charge in [0.2, 0.25) is 0 Å². The second-order valence-corrected chi connectivity index (χ2v) is 9.31. The van der Waals surface area contributed by atoms with E-state index in [0.717, 1.165) is 12.8 Å². The van der Waals surface area contributed by atoms with Crippen molar-refractivity contribution in [2.75, 3.05) is 18.3 Å². The van der Waals surface area contributed by atoms with Crippen molar-refractivity contribution in [3.05, 3.63) is 105 Å². The highest BCUT2D eigenvalue weighted by Crippen LogP contribution is 2.37. The maximum Gasteiger partial charge on any atom is 0.302 e. The largest absolute Gasteiger partial charge is 0.464 e. The van der Waals surface area contributed by atoms with E-state index in [9.17, 15) is 14.4 Å². The minimum absolute atomic E-state index is 0.0862. The molecule has 35 heavy (non-hydrogen) atoms. The van der Waals surface area contributed by atoms with Crippen molar-refractivity contribution in [1.82, 2.24) is 9.58 Å². The number of aromatic nitrogens is 1. The van der Waals surface area contributed by atoms with Crippen LogP contribution in [0.5, 0.6) is 0 Å². The lowest BCUT2D eigenvalue weighted by Crippen LogP contribution is -2.59. The normalized spacial score (nSPS) is 16.1. The fourth-order valence-corrected chi connectivity index (χ4v) is 5.21. The summed E-state index contributed by atoms with van der Waals surface area (Å²) in [6, 6.07) is 17.9. The molecule has 1 aliphatic carbocycles. The molecule has 0 spiro atoms. The van der Waals surface area contributed by atoms with E-state index in [2.05, 4.69) is 41.4 Å². The first-order chi connectivity index (χ1) is 16.9. The van der Waals surface area contributed by atoms with Gasteiger partial charge in [0.05, 0.1) is 12.1 Å². The van der Waals surface area contributed by atoms with Crippen molar-refractivity contribution in [2.45, 2.75) is 45.7 Å². The van der Waals surface area contributed by atoms with Crippen LogP contribution in [0.4, 0.5) is 0 Å². The Kier molecular flexibility index (Phi) is 5.93. The highest BCUT2D eigenvalue weighted by molar-refractivity contribution is 5.95. The molecule has 5 rings (SSSR count). The predicted octanol–water partition coefficient (Wildman–Crippen LogP) is 3.35. The van der Waals surface area contributed by atoms with E-state index in [1.54, 1.807) is 18.0 Å². The zero-order valence-electron chi connectivity index (χ0n) is 20.2. The molecule has 0 bridgehead atoms. The Morgan fingerprint density at radius 1 is 1.00 bits per heavy atom. The molecule has 2 aliphatic rings. The van der Waals surface area contributed by atoms with Crippen LogP contribution in [0.3, 0.4) is 0 Å². The first kappa shape index (κ1) is 22.9. The molecule has 0 saturated carbocycles. The van der Waals surface area contributed by atoms with Crippen LogP contribution in [-0.2, 0) is 22.4 Å². The van der Waals surface area contributed by atoms with Gasteiger partial charge < -0.3 is 9.64 Å². The molecule has 1 atom stereocenters. The molecule has 2 heterocycles. The summed E-state index contributed by atoms with van der Waals surface area (Å²) in [6.45, 7) is 5.28. The summed E-state index contributed by atoms with van der Waals surface area (Å²) in [5, 5.41) is 2.15. The number of hydrogen-bond acceptors (Lipinski definition) is 5. The Morgan fingerprint density at radius 3 is 2.20 bits per heavy atom. The van der Waals surface area contributed by atoms with Crippen LogP contribution in [0.25, 0.3) is 0 Å². The first-order valence-corrected chi connectivity index (χ1v) is 12.0. The zero-order valence-corrected chi connectivity index (χ0v) is 20.2. The number of esters is 1. The fraction of sp³-hybridized carbons (Fsp3) is 0.321. The highest BCUT2D eigenvalue weighted by Gasteiger charge is 2.39.